The molecule has 0 spiro atoms. The topological polar surface area (TPSA) is 90.4 Å². The summed E-state index contributed by atoms with van der Waals surface area (Å²) in [6.07, 6.45) is 5.38. The molecule has 4 heterocycles. The van der Waals surface area contributed by atoms with Crippen molar-refractivity contribution in [2.24, 2.45) is 0 Å². The van der Waals surface area contributed by atoms with Crippen LogP contribution < -0.4 is 16.6 Å². The molecule has 0 saturated heterocycles. The van der Waals surface area contributed by atoms with Gasteiger partial charge in [0.2, 0.25) is 11.7 Å². The molecule has 8 nitrogen and oxygen atoms in total. The van der Waals surface area contributed by atoms with Crippen LogP contribution in [0.4, 0.5) is 0 Å². The largest absolute Gasteiger partial charge is 0.352 e. The van der Waals surface area contributed by atoms with Gasteiger partial charge in [-0.15, -0.1) is 27.8 Å². The van der Waals surface area contributed by atoms with Gasteiger partial charge in [-0.3, -0.25) is 14.2 Å². The Kier molecular flexibility index (Phi) is 5.03. The minimum Gasteiger partial charge on any atom is -0.352 e. The molecule has 30 heavy (non-hydrogen) atoms. The molecule has 0 aromatic carbocycles. The molecular weight excluding hydrogens is 422 g/mol. The van der Waals surface area contributed by atoms with Gasteiger partial charge in [-0.2, -0.15) is 0 Å². The van der Waals surface area contributed by atoms with Gasteiger partial charge < -0.3 is 5.32 Å². The van der Waals surface area contributed by atoms with Crippen LogP contribution in [0.25, 0.3) is 16.0 Å². The Morgan fingerprint density at radius 2 is 1.97 bits per heavy atom. The third kappa shape index (κ3) is 3.39. The van der Waals surface area contributed by atoms with E-state index in [4.69, 9.17) is 0 Å². The molecule has 10 heteroatoms. The van der Waals surface area contributed by atoms with Gasteiger partial charge in [-0.05, 0) is 35.7 Å². The van der Waals surface area contributed by atoms with Gasteiger partial charge in [0, 0.05) is 10.9 Å². The zero-order valence-corrected chi connectivity index (χ0v) is 17.9. The summed E-state index contributed by atoms with van der Waals surface area (Å²) in [4.78, 5) is 39.7. The predicted octanol–water partition coefficient (Wildman–Crippen LogP) is 2.43. The van der Waals surface area contributed by atoms with E-state index in [2.05, 4.69) is 10.4 Å². The van der Waals surface area contributed by atoms with E-state index >= 15 is 0 Å². The first-order valence-corrected chi connectivity index (χ1v) is 11.8. The van der Waals surface area contributed by atoms with Crippen LogP contribution in [0.3, 0.4) is 0 Å². The summed E-state index contributed by atoms with van der Waals surface area (Å²) in [6, 6.07) is 5.78. The van der Waals surface area contributed by atoms with E-state index in [0.29, 0.717) is 16.8 Å². The second-order valence-electron chi connectivity index (χ2n) is 7.58. The lowest BCUT2D eigenvalue weighted by Gasteiger charge is -2.22. The highest BCUT2D eigenvalue weighted by atomic mass is 32.1. The van der Waals surface area contributed by atoms with E-state index in [1.54, 1.807) is 22.8 Å². The van der Waals surface area contributed by atoms with Crippen LogP contribution in [0, 0.1) is 0 Å². The van der Waals surface area contributed by atoms with Crippen molar-refractivity contribution in [2.45, 2.75) is 51.2 Å². The number of hydrogen-bond donors (Lipinski definition) is 1. The first-order valence-electron chi connectivity index (χ1n) is 10.0. The first-order chi connectivity index (χ1) is 14.6. The molecule has 156 valence electrons. The van der Waals surface area contributed by atoms with E-state index in [-0.39, 0.29) is 29.8 Å². The molecule has 1 amide bonds. The number of nitrogens with zero attached hydrogens (tertiary/aromatic N) is 4. The van der Waals surface area contributed by atoms with Crippen LogP contribution in [0.2, 0.25) is 0 Å². The van der Waals surface area contributed by atoms with Gasteiger partial charge in [0.25, 0.3) is 5.56 Å². The highest BCUT2D eigenvalue weighted by Crippen LogP contribution is 2.19. The highest BCUT2D eigenvalue weighted by Gasteiger charge is 2.21. The number of hydrogen-bond acceptors (Lipinski definition) is 6. The van der Waals surface area contributed by atoms with Crippen molar-refractivity contribution in [3.05, 3.63) is 54.7 Å². The van der Waals surface area contributed by atoms with Gasteiger partial charge in [-0.25, -0.2) is 13.9 Å². The van der Waals surface area contributed by atoms with E-state index in [9.17, 15) is 14.4 Å². The lowest BCUT2D eigenvalue weighted by molar-refractivity contribution is -0.122. The summed E-state index contributed by atoms with van der Waals surface area (Å²) in [6.45, 7) is 0.175. The quantitative estimate of drug-likeness (QED) is 0.513. The average Bonchev–Trinajstić information content (AvgIpc) is 3.47. The summed E-state index contributed by atoms with van der Waals surface area (Å²) < 4.78 is 4.62. The molecule has 1 N–H and O–H groups in total. The third-order valence-corrected chi connectivity index (χ3v) is 7.30. The average molecular weight is 444 g/mol. The molecule has 0 bridgehead atoms. The van der Waals surface area contributed by atoms with Crippen molar-refractivity contribution in [1.29, 1.82) is 0 Å². The van der Waals surface area contributed by atoms with Crippen molar-refractivity contribution in [3.63, 3.8) is 0 Å². The molecule has 4 aromatic heterocycles. The van der Waals surface area contributed by atoms with Crippen LogP contribution in [-0.2, 0) is 17.9 Å². The Hall–Kier alpha value is -2.72. The number of carbonyl (C=O) groups is 1. The van der Waals surface area contributed by atoms with Gasteiger partial charge >= 0.3 is 5.69 Å². The number of amides is 1. The molecule has 1 aliphatic rings. The fraction of sp³-hybridized carbons (Fsp3) is 0.400. The summed E-state index contributed by atoms with van der Waals surface area (Å²) in [5.74, 6) is 0.0379. The molecule has 0 atom stereocenters. The van der Waals surface area contributed by atoms with Crippen molar-refractivity contribution < 1.29 is 4.79 Å². The van der Waals surface area contributed by atoms with Crippen LogP contribution in [0.5, 0.6) is 0 Å². The number of carbonyl (C=O) groups excluding carboxylic acids is 1. The summed E-state index contributed by atoms with van der Waals surface area (Å²) in [5, 5.41) is 11.2. The predicted molar refractivity (Wildman–Crippen MR) is 118 cm³/mol. The zero-order valence-electron chi connectivity index (χ0n) is 16.2. The zero-order chi connectivity index (χ0) is 20.7. The maximum Gasteiger partial charge on any atom is 0.352 e. The lowest BCUT2D eigenvalue weighted by Crippen LogP contribution is -2.40. The van der Waals surface area contributed by atoms with Gasteiger partial charge in [0.15, 0.2) is 0 Å². The van der Waals surface area contributed by atoms with Crippen LogP contribution in [0.15, 0.2) is 38.5 Å². The van der Waals surface area contributed by atoms with Gasteiger partial charge in [-0.1, -0.05) is 25.3 Å². The Labute approximate surface area is 179 Å². The van der Waals surface area contributed by atoms with Crippen molar-refractivity contribution >= 4 is 44.6 Å². The standard InChI is InChI=1S/C20H21N5O3S2/c26-16(21-13-5-2-1-3-6-13)12-24-20(28)25-15-8-10-30-17(15)18(27)23(19(25)22-24)11-14-7-4-9-29-14/h4,7-10,13H,1-3,5-6,11-12H2,(H,21,26). The van der Waals surface area contributed by atoms with Crippen LogP contribution in [0.1, 0.15) is 37.0 Å². The van der Waals surface area contributed by atoms with Crippen molar-refractivity contribution in [2.75, 3.05) is 0 Å². The molecule has 0 radical (unpaired) electrons. The van der Waals surface area contributed by atoms with Gasteiger partial charge in [0.05, 0.1) is 12.1 Å². The van der Waals surface area contributed by atoms with E-state index in [0.717, 1.165) is 35.2 Å². The van der Waals surface area contributed by atoms with Crippen LogP contribution >= 0.6 is 22.7 Å². The van der Waals surface area contributed by atoms with E-state index < -0.39 is 5.69 Å². The molecule has 5 rings (SSSR count). The monoisotopic (exact) mass is 443 g/mol. The fourth-order valence-corrected chi connectivity index (χ4v) is 5.61. The van der Waals surface area contributed by atoms with Crippen molar-refractivity contribution in [3.8, 4) is 0 Å². The van der Waals surface area contributed by atoms with E-state index in [1.807, 2.05) is 17.5 Å². The Bertz CT molecular complexity index is 1320. The van der Waals surface area contributed by atoms with Crippen molar-refractivity contribution in [1.82, 2.24) is 24.1 Å². The normalized spacial score (nSPS) is 15.2. The maximum atomic E-state index is 13.1. The number of aromatic nitrogens is 4. The molecule has 4 aromatic rings. The molecule has 0 aliphatic heterocycles. The van der Waals surface area contributed by atoms with Gasteiger partial charge in [0.1, 0.15) is 11.2 Å². The number of nitrogens with one attached hydrogen (secondary N) is 1. The lowest BCUT2D eigenvalue weighted by atomic mass is 9.95. The highest BCUT2D eigenvalue weighted by molar-refractivity contribution is 7.17. The number of fused-ring (bicyclic) bond motifs is 3. The summed E-state index contributed by atoms with van der Waals surface area (Å²) >= 11 is 2.85. The second-order valence-corrected chi connectivity index (χ2v) is 9.53. The molecular formula is C20H21N5O3S2. The Morgan fingerprint density at radius 3 is 2.73 bits per heavy atom. The summed E-state index contributed by atoms with van der Waals surface area (Å²) in [5.41, 5.74) is -0.0526. The Morgan fingerprint density at radius 1 is 1.13 bits per heavy atom. The SMILES string of the molecule is O=C(Cn1nc2n(Cc3cccs3)c(=O)c3sccc3n2c1=O)NC1CCCCC1. The van der Waals surface area contributed by atoms with E-state index in [1.165, 1.54) is 26.7 Å². The third-order valence-electron chi connectivity index (χ3n) is 5.55. The smallest absolute Gasteiger partial charge is 0.352 e. The molecule has 0 unspecified atom stereocenters. The van der Waals surface area contributed by atoms with Crippen LogP contribution in [-0.4, -0.2) is 30.7 Å². The number of rotatable bonds is 5. The number of thiophene rings is 2. The maximum absolute atomic E-state index is 13.1. The second kappa shape index (κ2) is 7.84. The Balaban J connectivity index is 1.55. The molecule has 1 fully saturated rings. The molecule has 1 aliphatic carbocycles. The first kappa shape index (κ1) is 19.3. The minimum atomic E-state index is -0.410. The fourth-order valence-electron chi connectivity index (χ4n) is 4.09. The minimum absolute atomic E-state index is 0.157. The molecule has 1 saturated carbocycles. The summed E-state index contributed by atoms with van der Waals surface area (Å²) in [7, 11) is 0.